The van der Waals surface area contributed by atoms with Crippen LogP contribution in [0.4, 0.5) is 0 Å². The molecule has 10 nitrogen and oxygen atoms in total. The first kappa shape index (κ1) is 28.4. The fraction of sp³-hybridized carbons (Fsp3) is 0.357. The van der Waals surface area contributed by atoms with Crippen molar-refractivity contribution in [3.63, 3.8) is 0 Å². The predicted octanol–water partition coefficient (Wildman–Crippen LogP) is 1.54. The number of carbonyl (C=O) groups excluding carboxylic acids is 4. The van der Waals surface area contributed by atoms with E-state index in [4.69, 9.17) is 10.5 Å². The van der Waals surface area contributed by atoms with Crippen molar-refractivity contribution in [3.05, 3.63) is 71.9 Å². The molecule has 3 rings (SSSR count). The van der Waals surface area contributed by atoms with Crippen molar-refractivity contribution in [2.24, 2.45) is 11.7 Å². The molecule has 10 heteroatoms. The number of para-hydroxylation sites is 1. The van der Waals surface area contributed by atoms with E-state index in [9.17, 15) is 19.2 Å². The van der Waals surface area contributed by atoms with Gasteiger partial charge in [0.2, 0.25) is 17.7 Å². The first-order chi connectivity index (χ1) is 18.2. The average Bonchev–Trinajstić information content (AvgIpc) is 3.31. The molecule has 0 aliphatic carbocycles. The molecule has 3 atom stereocenters. The molecule has 3 amide bonds. The molecule has 0 saturated carbocycles. The van der Waals surface area contributed by atoms with Gasteiger partial charge in [-0.15, -0.1) is 0 Å². The fourth-order valence-corrected chi connectivity index (χ4v) is 3.89. The Hall–Kier alpha value is -4.18. The molecule has 1 aromatic heterocycles. The normalized spacial score (nSPS) is 13.4. The molecule has 0 bridgehead atoms. The Morgan fingerprint density at radius 2 is 1.58 bits per heavy atom. The molecular formula is C28H35N5O5. The van der Waals surface area contributed by atoms with Crippen molar-refractivity contribution in [2.75, 3.05) is 6.54 Å². The smallest absolute Gasteiger partial charge is 0.325 e. The molecule has 6 N–H and O–H groups in total. The molecule has 0 radical (unpaired) electrons. The van der Waals surface area contributed by atoms with Crippen molar-refractivity contribution < 1.29 is 23.9 Å². The second-order valence-corrected chi connectivity index (χ2v) is 9.49. The number of amides is 3. The number of hydrogen-bond acceptors (Lipinski definition) is 6. The Bertz CT molecular complexity index is 1260. The molecule has 0 spiro atoms. The van der Waals surface area contributed by atoms with E-state index in [0.717, 1.165) is 22.0 Å². The lowest BCUT2D eigenvalue weighted by molar-refractivity contribution is -0.145. The number of nitrogens with one attached hydrogen (secondary N) is 4. The number of H-pyrrole nitrogens is 1. The van der Waals surface area contributed by atoms with Crippen LogP contribution in [-0.2, 0) is 36.9 Å². The maximum Gasteiger partial charge on any atom is 0.325 e. The summed E-state index contributed by atoms with van der Waals surface area (Å²) in [6.07, 6.45) is 2.11. The molecule has 3 aromatic rings. The lowest BCUT2D eigenvalue weighted by Crippen LogP contribution is -2.56. The Morgan fingerprint density at radius 1 is 0.895 bits per heavy atom. The van der Waals surface area contributed by atoms with Crippen LogP contribution >= 0.6 is 0 Å². The van der Waals surface area contributed by atoms with Crippen LogP contribution in [-0.4, -0.2) is 53.3 Å². The van der Waals surface area contributed by atoms with E-state index in [-0.39, 0.29) is 19.1 Å². The SMILES string of the molecule is CC(C)[C@H](NC(=O)[C@H](C)NC(=O)[C@@H](N)Cc1c[nH]c2ccccc12)C(=O)NCC(=O)OCc1ccccc1. The number of hydrogen-bond donors (Lipinski definition) is 5. The predicted molar refractivity (Wildman–Crippen MR) is 144 cm³/mol. The number of fused-ring (bicyclic) bond motifs is 1. The lowest BCUT2D eigenvalue weighted by Gasteiger charge is -2.24. The van der Waals surface area contributed by atoms with Crippen LogP contribution in [0.1, 0.15) is 31.9 Å². The summed E-state index contributed by atoms with van der Waals surface area (Å²) >= 11 is 0. The molecular weight excluding hydrogens is 486 g/mol. The van der Waals surface area contributed by atoms with E-state index in [1.807, 2.05) is 60.8 Å². The lowest BCUT2D eigenvalue weighted by atomic mass is 10.0. The highest BCUT2D eigenvalue weighted by Crippen LogP contribution is 2.18. The third-order valence-corrected chi connectivity index (χ3v) is 6.10. The third-order valence-electron chi connectivity index (χ3n) is 6.10. The summed E-state index contributed by atoms with van der Waals surface area (Å²) in [6.45, 7) is 4.80. The van der Waals surface area contributed by atoms with Gasteiger partial charge >= 0.3 is 5.97 Å². The van der Waals surface area contributed by atoms with Gasteiger partial charge in [0, 0.05) is 17.1 Å². The highest BCUT2D eigenvalue weighted by molar-refractivity contribution is 5.94. The summed E-state index contributed by atoms with van der Waals surface area (Å²) in [4.78, 5) is 53.3. The highest BCUT2D eigenvalue weighted by atomic mass is 16.5. The summed E-state index contributed by atoms with van der Waals surface area (Å²) in [6, 6.07) is 14.2. The van der Waals surface area contributed by atoms with Crippen molar-refractivity contribution >= 4 is 34.6 Å². The molecule has 2 aromatic carbocycles. The zero-order valence-electron chi connectivity index (χ0n) is 21.8. The number of esters is 1. The zero-order chi connectivity index (χ0) is 27.7. The van der Waals surface area contributed by atoms with E-state index < -0.39 is 41.8 Å². The van der Waals surface area contributed by atoms with E-state index in [0.29, 0.717) is 6.42 Å². The Balaban J connectivity index is 1.47. The molecule has 38 heavy (non-hydrogen) atoms. The number of carbonyl (C=O) groups is 4. The average molecular weight is 522 g/mol. The second-order valence-electron chi connectivity index (χ2n) is 9.49. The summed E-state index contributed by atoms with van der Waals surface area (Å²) in [5.41, 5.74) is 8.79. The van der Waals surface area contributed by atoms with Gasteiger partial charge in [-0.2, -0.15) is 0 Å². The van der Waals surface area contributed by atoms with Crippen LogP contribution in [0, 0.1) is 5.92 Å². The van der Waals surface area contributed by atoms with E-state index in [1.165, 1.54) is 6.92 Å². The van der Waals surface area contributed by atoms with Crippen LogP contribution in [0.2, 0.25) is 0 Å². The van der Waals surface area contributed by atoms with Gasteiger partial charge in [0.25, 0.3) is 0 Å². The summed E-state index contributed by atoms with van der Waals surface area (Å²) in [5, 5.41) is 8.75. The molecule has 0 saturated heterocycles. The number of rotatable bonds is 12. The van der Waals surface area contributed by atoms with Gasteiger partial charge in [-0.1, -0.05) is 62.4 Å². The van der Waals surface area contributed by atoms with Gasteiger partial charge in [0.05, 0.1) is 6.04 Å². The molecule has 0 fully saturated rings. The molecule has 0 aliphatic heterocycles. The standard InChI is InChI=1S/C28H35N5O5/c1-17(2)25(28(37)31-15-24(34)38-16-19-9-5-4-6-10-19)33-26(35)18(3)32-27(36)22(29)13-20-14-30-23-12-8-7-11-21(20)23/h4-12,14,17-18,22,25,30H,13,15-16,29H2,1-3H3,(H,31,37)(H,32,36)(H,33,35)/t18-,22-,25-/m0/s1. The largest absolute Gasteiger partial charge is 0.460 e. The van der Waals surface area contributed by atoms with Crippen LogP contribution in [0.15, 0.2) is 60.8 Å². The molecule has 1 heterocycles. The number of benzene rings is 2. The van der Waals surface area contributed by atoms with Gasteiger partial charge in [0.15, 0.2) is 0 Å². The van der Waals surface area contributed by atoms with Crippen LogP contribution in [0.25, 0.3) is 10.9 Å². The third kappa shape index (κ3) is 7.91. The van der Waals surface area contributed by atoms with Gasteiger partial charge in [0.1, 0.15) is 25.2 Å². The minimum Gasteiger partial charge on any atom is -0.460 e. The summed E-state index contributed by atoms with van der Waals surface area (Å²) in [5.74, 6) is -2.42. The minimum absolute atomic E-state index is 0.0968. The minimum atomic E-state index is -0.929. The van der Waals surface area contributed by atoms with Crippen LogP contribution in [0.5, 0.6) is 0 Å². The van der Waals surface area contributed by atoms with Crippen molar-refractivity contribution in [2.45, 2.75) is 51.9 Å². The van der Waals surface area contributed by atoms with Crippen molar-refractivity contribution in [1.29, 1.82) is 0 Å². The summed E-state index contributed by atoms with van der Waals surface area (Å²) < 4.78 is 5.16. The van der Waals surface area contributed by atoms with Gasteiger partial charge in [-0.05, 0) is 36.5 Å². The Kier molecular flexibility index (Phi) is 10.0. The van der Waals surface area contributed by atoms with Crippen LogP contribution in [0.3, 0.4) is 0 Å². The Labute approximate surface area is 221 Å². The van der Waals surface area contributed by atoms with Crippen molar-refractivity contribution in [1.82, 2.24) is 20.9 Å². The number of aromatic amines is 1. The molecule has 0 aliphatic rings. The van der Waals surface area contributed by atoms with Gasteiger partial charge in [-0.25, -0.2) is 0 Å². The molecule has 202 valence electrons. The van der Waals surface area contributed by atoms with Crippen molar-refractivity contribution in [3.8, 4) is 0 Å². The first-order valence-corrected chi connectivity index (χ1v) is 12.5. The Morgan fingerprint density at radius 3 is 2.29 bits per heavy atom. The topological polar surface area (TPSA) is 155 Å². The van der Waals surface area contributed by atoms with E-state index in [1.54, 1.807) is 13.8 Å². The first-order valence-electron chi connectivity index (χ1n) is 12.5. The maximum atomic E-state index is 12.8. The number of ether oxygens (including phenoxy) is 1. The fourth-order valence-electron chi connectivity index (χ4n) is 3.89. The van der Waals surface area contributed by atoms with Gasteiger partial charge < -0.3 is 31.4 Å². The summed E-state index contributed by atoms with van der Waals surface area (Å²) in [7, 11) is 0. The second kappa shape index (κ2) is 13.4. The monoisotopic (exact) mass is 521 g/mol. The molecule has 0 unspecified atom stereocenters. The van der Waals surface area contributed by atoms with Gasteiger partial charge in [-0.3, -0.25) is 19.2 Å². The quantitative estimate of drug-likeness (QED) is 0.228. The van der Waals surface area contributed by atoms with E-state index in [2.05, 4.69) is 20.9 Å². The zero-order valence-corrected chi connectivity index (χ0v) is 21.8. The number of aromatic nitrogens is 1. The highest BCUT2D eigenvalue weighted by Gasteiger charge is 2.28. The van der Waals surface area contributed by atoms with Crippen LogP contribution < -0.4 is 21.7 Å². The number of nitrogens with two attached hydrogens (primary N) is 1. The van der Waals surface area contributed by atoms with E-state index >= 15 is 0 Å². The maximum absolute atomic E-state index is 12.8.